The van der Waals surface area contributed by atoms with Gasteiger partial charge in [-0.05, 0) is 19.8 Å². The Kier molecular flexibility index (Phi) is 3.82. The summed E-state index contributed by atoms with van der Waals surface area (Å²) in [6.07, 6.45) is 0.934. The second kappa shape index (κ2) is 5.53. The van der Waals surface area contributed by atoms with E-state index in [1.807, 2.05) is 13.8 Å². The molecule has 7 heteroatoms. The Morgan fingerprint density at radius 2 is 2.04 bits per heavy atom. The van der Waals surface area contributed by atoms with E-state index >= 15 is 0 Å². The Morgan fingerprint density at radius 1 is 1.35 bits per heavy atom. The fourth-order valence-corrected chi connectivity index (χ4v) is 5.55. The maximum atomic E-state index is 11.6. The minimum absolute atomic E-state index is 0.134. The van der Waals surface area contributed by atoms with Gasteiger partial charge in [0.05, 0.1) is 12.7 Å². The molecule has 144 valence electrons. The Morgan fingerprint density at radius 3 is 2.62 bits per heavy atom. The van der Waals surface area contributed by atoms with E-state index < -0.39 is 40.7 Å². The van der Waals surface area contributed by atoms with Gasteiger partial charge in [0.25, 0.3) is 0 Å². The van der Waals surface area contributed by atoms with E-state index in [2.05, 4.69) is 6.08 Å². The molecule has 0 aromatic carbocycles. The number of aliphatic hydroxyl groups is 1. The molecule has 3 fully saturated rings. The summed E-state index contributed by atoms with van der Waals surface area (Å²) < 4.78 is 23.2. The Balaban J connectivity index is 1.83. The lowest BCUT2D eigenvalue weighted by atomic mass is 9.51. The van der Waals surface area contributed by atoms with E-state index in [0.29, 0.717) is 13.0 Å². The zero-order valence-electron chi connectivity index (χ0n) is 15.6. The predicted octanol–water partition coefficient (Wildman–Crippen LogP) is 1.12. The maximum Gasteiger partial charge on any atom is 0.303 e. The summed E-state index contributed by atoms with van der Waals surface area (Å²) in [6, 6.07) is 0. The fourth-order valence-electron chi connectivity index (χ4n) is 5.55. The average Bonchev–Trinajstić information content (AvgIpc) is 3.34. The minimum Gasteiger partial charge on any atom is -0.465 e. The summed E-state index contributed by atoms with van der Waals surface area (Å²) in [5, 5.41) is 11.3. The summed E-state index contributed by atoms with van der Waals surface area (Å²) in [7, 11) is 0. The number of allylic oxidation sites excluding steroid dienone is 1. The molecule has 2 aliphatic carbocycles. The van der Waals surface area contributed by atoms with Gasteiger partial charge >= 0.3 is 11.9 Å². The molecule has 2 aliphatic heterocycles. The molecule has 0 radical (unpaired) electrons. The molecule has 4 aliphatic rings. The average molecular weight is 366 g/mol. The molecule has 2 heterocycles. The normalized spacial score (nSPS) is 48.6. The van der Waals surface area contributed by atoms with Crippen molar-refractivity contribution in [2.24, 2.45) is 10.8 Å². The first-order valence-corrected chi connectivity index (χ1v) is 9.13. The third-order valence-corrected chi connectivity index (χ3v) is 7.10. The van der Waals surface area contributed by atoms with Gasteiger partial charge in [0.2, 0.25) is 0 Å². The molecule has 7 atom stereocenters. The molecule has 7 unspecified atom stereocenters. The second-order valence-corrected chi connectivity index (χ2v) is 8.33. The highest BCUT2D eigenvalue weighted by atomic mass is 16.7. The van der Waals surface area contributed by atoms with Crippen LogP contribution in [-0.4, -0.2) is 60.3 Å². The van der Waals surface area contributed by atoms with Crippen LogP contribution in [-0.2, 0) is 28.5 Å². The lowest BCUT2D eigenvalue weighted by molar-refractivity contribution is -0.231. The first-order chi connectivity index (χ1) is 12.2. The maximum absolute atomic E-state index is 11.6. The van der Waals surface area contributed by atoms with Gasteiger partial charge in [0.15, 0.2) is 6.10 Å². The zero-order valence-corrected chi connectivity index (χ0v) is 15.6. The van der Waals surface area contributed by atoms with Crippen LogP contribution in [0.1, 0.15) is 40.5 Å². The number of esters is 2. The van der Waals surface area contributed by atoms with Crippen LogP contribution >= 0.6 is 0 Å². The lowest BCUT2D eigenvalue weighted by Gasteiger charge is -2.57. The van der Waals surface area contributed by atoms with Crippen molar-refractivity contribution in [2.75, 3.05) is 13.2 Å². The number of aliphatic hydroxyl groups excluding tert-OH is 1. The topological polar surface area (TPSA) is 94.6 Å². The summed E-state index contributed by atoms with van der Waals surface area (Å²) in [5.41, 5.74) is -0.926. The van der Waals surface area contributed by atoms with Gasteiger partial charge in [0.1, 0.15) is 24.4 Å². The zero-order chi connectivity index (χ0) is 18.9. The number of carbonyl (C=O) groups is 2. The molecule has 4 rings (SSSR count). The molecule has 26 heavy (non-hydrogen) atoms. The van der Waals surface area contributed by atoms with E-state index in [1.165, 1.54) is 19.4 Å². The van der Waals surface area contributed by atoms with Gasteiger partial charge in [-0.2, -0.15) is 0 Å². The molecule has 0 aromatic heterocycles. The van der Waals surface area contributed by atoms with E-state index in [9.17, 15) is 14.7 Å². The number of hydrogen-bond donors (Lipinski definition) is 1. The molecule has 1 N–H and O–H groups in total. The molecule has 0 aromatic rings. The monoisotopic (exact) mass is 366 g/mol. The van der Waals surface area contributed by atoms with Gasteiger partial charge in [-0.3, -0.25) is 9.59 Å². The van der Waals surface area contributed by atoms with E-state index in [4.69, 9.17) is 18.9 Å². The Hall–Kier alpha value is -1.44. The minimum atomic E-state index is -0.966. The van der Waals surface area contributed by atoms with E-state index in [1.54, 1.807) is 0 Å². The number of fused-ring (bicyclic) bond motifs is 2. The van der Waals surface area contributed by atoms with Crippen LogP contribution < -0.4 is 0 Å². The first kappa shape index (κ1) is 17.9. The Bertz CT molecular complexity index is 681. The molecule has 1 spiro atoms. The van der Waals surface area contributed by atoms with Gasteiger partial charge in [-0.1, -0.05) is 18.6 Å². The smallest absolute Gasteiger partial charge is 0.303 e. The molecule has 7 nitrogen and oxygen atoms in total. The van der Waals surface area contributed by atoms with Crippen molar-refractivity contribution in [2.45, 2.75) is 70.6 Å². The van der Waals surface area contributed by atoms with Crippen molar-refractivity contribution in [3.63, 3.8) is 0 Å². The Labute approximate surface area is 152 Å². The van der Waals surface area contributed by atoms with Crippen molar-refractivity contribution in [3.8, 4) is 0 Å². The summed E-state index contributed by atoms with van der Waals surface area (Å²) >= 11 is 0. The number of rotatable bonds is 3. The number of ether oxygens (including phenoxy) is 4. The predicted molar refractivity (Wildman–Crippen MR) is 89.1 cm³/mol. The highest BCUT2D eigenvalue weighted by Crippen LogP contribution is 2.71. The number of epoxide rings is 1. The summed E-state index contributed by atoms with van der Waals surface area (Å²) in [5.74, 6) is -0.835. The SMILES string of the molecule is CC(=O)OCC12CCC(C)=CC1OC1C(OC(C)=O)C(O)C2(C)C12CO2. The number of carbonyl (C=O) groups excluding carboxylic acids is 2. The second-order valence-electron chi connectivity index (χ2n) is 8.33. The van der Waals surface area contributed by atoms with Crippen LogP contribution in [0.2, 0.25) is 0 Å². The van der Waals surface area contributed by atoms with Crippen molar-refractivity contribution >= 4 is 11.9 Å². The molecule has 0 amide bonds. The van der Waals surface area contributed by atoms with Crippen molar-refractivity contribution in [1.29, 1.82) is 0 Å². The van der Waals surface area contributed by atoms with Gasteiger partial charge in [-0.15, -0.1) is 0 Å². The molecular formula is C19H26O7. The largest absolute Gasteiger partial charge is 0.465 e. The summed E-state index contributed by atoms with van der Waals surface area (Å²) in [4.78, 5) is 23.2. The summed E-state index contributed by atoms with van der Waals surface area (Å²) in [6.45, 7) is 7.27. The van der Waals surface area contributed by atoms with Crippen LogP contribution in [0.15, 0.2) is 11.6 Å². The lowest BCUT2D eigenvalue weighted by Crippen LogP contribution is -2.66. The van der Waals surface area contributed by atoms with Crippen LogP contribution in [0.4, 0.5) is 0 Å². The van der Waals surface area contributed by atoms with E-state index in [-0.39, 0.29) is 18.7 Å². The van der Waals surface area contributed by atoms with Gasteiger partial charge < -0.3 is 24.1 Å². The highest BCUT2D eigenvalue weighted by molar-refractivity contribution is 5.67. The van der Waals surface area contributed by atoms with Crippen LogP contribution in [0.5, 0.6) is 0 Å². The molecule has 2 bridgehead atoms. The number of hydrogen-bond acceptors (Lipinski definition) is 7. The van der Waals surface area contributed by atoms with Crippen LogP contribution in [0, 0.1) is 10.8 Å². The molecule has 2 saturated heterocycles. The molecular weight excluding hydrogens is 340 g/mol. The van der Waals surface area contributed by atoms with Crippen LogP contribution in [0.3, 0.4) is 0 Å². The van der Waals surface area contributed by atoms with Crippen molar-refractivity contribution < 1.29 is 33.6 Å². The van der Waals surface area contributed by atoms with Gasteiger partial charge in [-0.25, -0.2) is 0 Å². The quantitative estimate of drug-likeness (QED) is 0.454. The third kappa shape index (κ3) is 2.05. The highest BCUT2D eigenvalue weighted by Gasteiger charge is 2.85. The third-order valence-electron chi connectivity index (χ3n) is 7.10. The fraction of sp³-hybridized carbons (Fsp3) is 0.789. The standard InChI is InChI=1S/C19H26O7/c1-10-5-6-18(8-23-11(2)20)13(7-10)26-16-14(25-12(3)21)15(22)17(18,4)19(16)9-24-19/h7,13-16,22H,5-6,8-9H2,1-4H3. The van der Waals surface area contributed by atoms with Crippen LogP contribution in [0.25, 0.3) is 0 Å². The molecule has 1 saturated carbocycles. The van der Waals surface area contributed by atoms with Crippen molar-refractivity contribution in [3.05, 3.63) is 11.6 Å². The first-order valence-electron chi connectivity index (χ1n) is 9.13. The van der Waals surface area contributed by atoms with Crippen molar-refractivity contribution in [1.82, 2.24) is 0 Å². The van der Waals surface area contributed by atoms with Gasteiger partial charge in [0, 0.05) is 24.7 Å². The van der Waals surface area contributed by atoms with E-state index in [0.717, 1.165) is 6.42 Å².